The molecule has 0 aliphatic carbocycles. The number of ether oxygens (including phenoxy) is 1. The van der Waals surface area contributed by atoms with Gasteiger partial charge in [0.2, 0.25) is 0 Å². The van der Waals surface area contributed by atoms with Crippen LogP contribution in [0.5, 0.6) is 0 Å². The van der Waals surface area contributed by atoms with Crippen LogP contribution in [0.4, 0.5) is 5.69 Å². The maximum absolute atomic E-state index is 11.3. The van der Waals surface area contributed by atoms with Gasteiger partial charge in [0.25, 0.3) is 0 Å². The van der Waals surface area contributed by atoms with Crippen LogP contribution >= 0.6 is 15.9 Å². The predicted octanol–water partition coefficient (Wildman–Crippen LogP) is 5.29. The van der Waals surface area contributed by atoms with Gasteiger partial charge in [0.1, 0.15) is 0 Å². The van der Waals surface area contributed by atoms with Gasteiger partial charge in [-0.2, -0.15) is 0 Å². The van der Waals surface area contributed by atoms with E-state index >= 15 is 0 Å². The van der Waals surface area contributed by atoms with Crippen molar-refractivity contribution in [1.29, 1.82) is 0 Å². The molecular formula is C21H22BrNO2. The predicted molar refractivity (Wildman–Crippen MR) is 107 cm³/mol. The average Bonchev–Trinajstić information content (AvgIpc) is 2.67. The molecular weight excluding hydrogens is 378 g/mol. The summed E-state index contributed by atoms with van der Waals surface area (Å²) in [4.78, 5) is 13.7. The molecule has 0 bridgehead atoms. The van der Waals surface area contributed by atoms with Crippen molar-refractivity contribution in [2.24, 2.45) is 0 Å². The molecule has 0 N–H and O–H groups in total. The number of hydrogen-bond acceptors (Lipinski definition) is 3. The molecule has 25 heavy (non-hydrogen) atoms. The van der Waals surface area contributed by atoms with Gasteiger partial charge in [0, 0.05) is 23.6 Å². The maximum Gasteiger partial charge on any atom is 0.330 e. The standard InChI is InChI=1S/C21H22BrNO2/c1-25-21(24)11-8-16-6-5-7-17(14-16)18-9-10-20(19(22)15-18)23-12-3-2-4-13-23/h5-11,14-15H,2-4,12-13H2,1H3. The number of methoxy groups -OCH3 is 1. The average molecular weight is 400 g/mol. The van der Waals surface area contributed by atoms with Gasteiger partial charge in [-0.15, -0.1) is 0 Å². The summed E-state index contributed by atoms with van der Waals surface area (Å²) in [5, 5.41) is 0. The number of rotatable bonds is 4. The lowest BCUT2D eigenvalue weighted by Crippen LogP contribution is -2.29. The van der Waals surface area contributed by atoms with Gasteiger partial charge in [0.15, 0.2) is 0 Å². The fourth-order valence-electron chi connectivity index (χ4n) is 3.13. The number of esters is 1. The highest BCUT2D eigenvalue weighted by Crippen LogP contribution is 2.33. The normalized spacial score (nSPS) is 14.7. The van der Waals surface area contributed by atoms with Crippen molar-refractivity contribution in [1.82, 2.24) is 0 Å². The molecule has 4 heteroatoms. The Kier molecular flexibility index (Phi) is 5.92. The number of halogens is 1. The third-order valence-electron chi connectivity index (χ3n) is 4.48. The van der Waals surface area contributed by atoms with Gasteiger partial charge in [-0.05, 0) is 76.2 Å². The van der Waals surface area contributed by atoms with E-state index in [1.807, 2.05) is 12.1 Å². The Bertz CT molecular complexity index is 779. The van der Waals surface area contributed by atoms with Crippen LogP contribution in [0.15, 0.2) is 53.0 Å². The lowest BCUT2D eigenvalue weighted by molar-refractivity contribution is -0.134. The van der Waals surface area contributed by atoms with Crippen molar-refractivity contribution in [2.45, 2.75) is 19.3 Å². The Morgan fingerprint density at radius 3 is 2.56 bits per heavy atom. The first-order valence-corrected chi connectivity index (χ1v) is 9.37. The fraction of sp³-hybridized carbons (Fsp3) is 0.286. The molecule has 0 spiro atoms. The quantitative estimate of drug-likeness (QED) is 0.516. The number of nitrogens with zero attached hydrogens (tertiary/aromatic N) is 1. The van der Waals surface area contributed by atoms with E-state index in [2.05, 4.69) is 55.9 Å². The first-order valence-electron chi connectivity index (χ1n) is 8.58. The van der Waals surface area contributed by atoms with E-state index in [1.165, 1.54) is 38.1 Å². The molecule has 1 saturated heterocycles. The Morgan fingerprint density at radius 1 is 1.08 bits per heavy atom. The van der Waals surface area contributed by atoms with Gasteiger partial charge in [-0.25, -0.2) is 4.79 Å². The van der Waals surface area contributed by atoms with Crippen LogP contribution in [0.1, 0.15) is 24.8 Å². The second-order valence-electron chi connectivity index (χ2n) is 6.20. The third kappa shape index (κ3) is 4.51. The summed E-state index contributed by atoms with van der Waals surface area (Å²) in [5.41, 5.74) is 4.52. The van der Waals surface area contributed by atoms with Crippen LogP contribution in [0.25, 0.3) is 17.2 Å². The molecule has 0 unspecified atom stereocenters. The van der Waals surface area contributed by atoms with Crippen LogP contribution in [0.2, 0.25) is 0 Å². The molecule has 1 aliphatic rings. The largest absolute Gasteiger partial charge is 0.466 e. The molecule has 130 valence electrons. The van der Waals surface area contributed by atoms with E-state index in [1.54, 1.807) is 6.08 Å². The SMILES string of the molecule is COC(=O)C=Cc1cccc(-c2ccc(N3CCCCC3)c(Br)c2)c1. The van der Waals surface area contributed by atoms with Crippen LogP contribution < -0.4 is 4.90 Å². The number of piperidine rings is 1. The molecule has 1 heterocycles. The number of benzene rings is 2. The monoisotopic (exact) mass is 399 g/mol. The van der Waals surface area contributed by atoms with Gasteiger partial charge in [-0.1, -0.05) is 24.3 Å². The summed E-state index contributed by atoms with van der Waals surface area (Å²) < 4.78 is 5.76. The minimum atomic E-state index is -0.348. The van der Waals surface area contributed by atoms with E-state index in [4.69, 9.17) is 0 Å². The molecule has 1 fully saturated rings. The van der Waals surface area contributed by atoms with Crippen LogP contribution in [-0.4, -0.2) is 26.2 Å². The number of carbonyl (C=O) groups is 1. The van der Waals surface area contributed by atoms with Gasteiger partial charge in [-0.3, -0.25) is 0 Å². The zero-order valence-corrected chi connectivity index (χ0v) is 16.0. The van der Waals surface area contributed by atoms with E-state index in [-0.39, 0.29) is 5.97 Å². The van der Waals surface area contributed by atoms with Gasteiger partial charge >= 0.3 is 5.97 Å². The molecule has 2 aromatic carbocycles. The van der Waals surface area contributed by atoms with Gasteiger partial charge in [0.05, 0.1) is 12.8 Å². The lowest BCUT2D eigenvalue weighted by atomic mass is 10.0. The summed E-state index contributed by atoms with van der Waals surface area (Å²) in [6.07, 6.45) is 7.07. The highest BCUT2D eigenvalue weighted by molar-refractivity contribution is 9.10. The molecule has 3 rings (SSSR count). The third-order valence-corrected chi connectivity index (χ3v) is 5.11. The second kappa shape index (κ2) is 8.34. The van der Waals surface area contributed by atoms with E-state index in [0.717, 1.165) is 34.3 Å². The van der Waals surface area contributed by atoms with Crippen molar-refractivity contribution < 1.29 is 9.53 Å². The summed E-state index contributed by atoms with van der Waals surface area (Å²) >= 11 is 3.74. The van der Waals surface area contributed by atoms with Crippen molar-refractivity contribution in [3.63, 3.8) is 0 Å². The molecule has 0 atom stereocenters. The zero-order chi connectivity index (χ0) is 17.6. The smallest absolute Gasteiger partial charge is 0.330 e. The summed E-state index contributed by atoms with van der Waals surface area (Å²) in [5.74, 6) is -0.348. The number of anilines is 1. The summed E-state index contributed by atoms with van der Waals surface area (Å²) in [6, 6.07) is 14.7. The molecule has 2 aromatic rings. The number of hydrogen-bond donors (Lipinski definition) is 0. The highest BCUT2D eigenvalue weighted by atomic mass is 79.9. The second-order valence-corrected chi connectivity index (χ2v) is 7.05. The Labute approximate surface area is 157 Å². The Balaban J connectivity index is 1.83. The van der Waals surface area contributed by atoms with Crippen LogP contribution in [-0.2, 0) is 9.53 Å². The fourth-order valence-corrected chi connectivity index (χ4v) is 3.76. The topological polar surface area (TPSA) is 29.5 Å². The lowest BCUT2D eigenvalue weighted by Gasteiger charge is -2.29. The highest BCUT2D eigenvalue weighted by Gasteiger charge is 2.14. The zero-order valence-electron chi connectivity index (χ0n) is 14.4. The summed E-state index contributed by atoms with van der Waals surface area (Å²) in [7, 11) is 1.38. The molecule has 1 aliphatic heterocycles. The van der Waals surface area contributed by atoms with Crippen molar-refractivity contribution in [2.75, 3.05) is 25.1 Å². The van der Waals surface area contributed by atoms with E-state index < -0.39 is 0 Å². The van der Waals surface area contributed by atoms with E-state index in [9.17, 15) is 4.79 Å². The molecule has 3 nitrogen and oxygen atoms in total. The van der Waals surface area contributed by atoms with Crippen molar-refractivity contribution >= 4 is 33.7 Å². The van der Waals surface area contributed by atoms with Crippen molar-refractivity contribution in [3.8, 4) is 11.1 Å². The first-order chi connectivity index (χ1) is 12.2. The summed E-state index contributed by atoms with van der Waals surface area (Å²) in [6.45, 7) is 2.26. The molecule has 0 saturated carbocycles. The molecule has 0 aromatic heterocycles. The maximum atomic E-state index is 11.3. The first kappa shape index (κ1) is 17.7. The van der Waals surface area contributed by atoms with Crippen LogP contribution in [0, 0.1) is 0 Å². The molecule has 0 amide bonds. The van der Waals surface area contributed by atoms with Crippen LogP contribution in [0.3, 0.4) is 0 Å². The van der Waals surface area contributed by atoms with Gasteiger partial charge < -0.3 is 9.64 Å². The van der Waals surface area contributed by atoms with Crippen molar-refractivity contribution in [3.05, 3.63) is 58.6 Å². The number of carbonyl (C=O) groups excluding carboxylic acids is 1. The minimum Gasteiger partial charge on any atom is -0.466 e. The van der Waals surface area contributed by atoms with E-state index in [0.29, 0.717) is 0 Å². The Hall–Kier alpha value is -2.07. The Morgan fingerprint density at radius 2 is 1.84 bits per heavy atom. The minimum absolute atomic E-state index is 0.348. The molecule has 0 radical (unpaired) electrons.